The van der Waals surface area contributed by atoms with Crippen molar-refractivity contribution < 1.29 is 22.6 Å². The Morgan fingerprint density at radius 2 is 1.63 bits per heavy atom. The van der Waals surface area contributed by atoms with Crippen LogP contribution in [0.15, 0.2) is 12.1 Å². The molecule has 0 saturated heterocycles. The molecule has 0 radical (unpaired) electrons. The van der Waals surface area contributed by atoms with Crippen LogP contribution in [0.25, 0.3) is 0 Å². The minimum Gasteiger partial charge on any atom is -0.490 e. The van der Waals surface area contributed by atoms with Gasteiger partial charge in [0.25, 0.3) is 0 Å². The summed E-state index contributed by atoms with van der Waals surface area (Å²) in [6.45, 7) is 4.11. The van der Waals surface area contributed by atoms with E-state index in [9.17, 15) is 13.2 Å². The summed E-state index contributed by atoms with van der Waals surface area (Å²) < 4.78 is 48.4. The van der Waals surface area contributed by atoms with Gasteiger partial charge in [-0.25, -0.2) is 0 Å². The molecule has 108 valence electrons. The summed E-state index contributed by atoms with van der Waals surface area (Å²) in [6, 6.07) is 0.307. The van der Waals surface area contributed by atoms with Gasteiger partial charge in [-0.2, -0.15) is 13.2 Å². The molecule has 7 heteroatoms. The quantitative estimate of drug-likeness (QED) is 0.901. The van der Waals surface area contributed by atoms with Crippen molar-refractivity contribution in [2.45, 2.75) is 26.1 Å². The normalized spacial score (nSPS) is 13.2. The fourth-order valence-electron chi connectivity index (χ4n) is 1.50. The predicted molar refractivity (Wildman–Crippen MR) is 66.8 cm³/mol. The molecule has 2 N–H and O–H groups in total. The summed E-state index contributed by atoms with van der Waals surface area (Å²) in [6.07, 6.45) is -4.57. The molecule has 0 spiro atoms. The van der Waals surface area contributed by atoms with Gasteiger partial charge in [0.05, 0.1) is 13.2 Å². The van der Waals surface area contributed by atoms with Crippen LogP contribution in [-0.4, -0.2) is 19.4 Å². The van der Waals surface area contributed by atoms with E-state index in [0.29, 0.717) is 19.0 Å². The fraction of sp³-hybridized carbons (Fsp3) is 0.500. The zero-order chi connectivity index (χ0) is 14.6. The van der Waals surface area contributed by atoms with Gasteiger partial charge >= 0.3 is 6.18 Å². The number of nitrogens with two attached hydrogens (primary N) is 1. The van der Waals surface area contributed by atoms with Crippen molar-refractivity contribution in [1.82, 2.24) is 0 Å². The SMILES string of the molecule is CCOc1cc(Cl)c(C(N)C(F)(F)F)cc1OCC. The summed E-state index contributed by atoms with van der Waals surface area (Å²) in [5.41, 5.74) is 4.92. The molecule has 0 aliphatic rings. The van der Waals surface area contributed by atoms with Crippen molar-refractivity contribution in [2.24, 2.45) is 5.73 Å². The molecule has 3 nitrogen and oxygen atoms in total. The second-order valence-corrected chi connectivity index (χ2v) is 4.11. The monoisotopic (exact) mass is 297 g/mol. The number of halogens is 4. The molecule has 1 unspecified atom stereocenters. The number of hydrogen-bond acceptors (Lipinski definition) is 3. The van der Waals surface area contributed by atoms with Crippen molar-refractivity contribution >= 4 is 11.6 Å². The smallest absolute Gasteiger partial charge is 0.407 e. The van der Waals surface area contributed by atoms with E-state index in [4.69, 9.17) is 26.8 Å². The van der Waals surface area contributed by atoms with Crippen LogP contribution in [-0.2, 0) is 0 Å². The highest BCUT2D eigenvalue weighted by Crippen LogP contribution is 2.40. The van der Waals surface area contributed by atoms with E-state index in [-0.39, 0.29) is 16.3 Å². The van der Waals surface area contributed by atoms with Crippen LogP contribution in [0.5, 0.6) is 11.5 Å². The highest BCUT2D eigenvalue weighted by molar-refractivity contribution is 6.31. The van der Waals surface area contributed by atoms with E-state index >= 15 is 0 Å². The molecule has 19 heavy (non-hydrogen) atoms. The largest absolute Gasteiger partial charge is 0.490 e. The Balaban J connectivity index is 3.23. The molecule has 0 heterocycles. The molecule has 0 aromatic heterocycles. The molecular weight excluding hydrogens is 283 g/mol. The van der Waals surface area contributed by atoms with Gasteiger partial charge in [0.1, 0.15) is 6.04 Å². The molecule has 0 amide bonds. The molecule has 0 fully saturated rings. The maximum absolute atomic E-state index is 12.6. The summed E-state index contributed by atoms with van der Waals surface area (Å²) in [5.74, 6) is 0.496. The first-order valence-electron chi connectivity index (χ1n) is 5.72. The lowest BCUT2D eigenvalue weighted by Crippen LogP contribution is -2.28. The standard InChI is InChI=1S/C12H15ClF3NO2/c1-3-18-9-5-7(11(17)12(14,15)16)8(13)6-10(9)19-4-2/h5-6,11H,3-4,17H2,1-2H3. The van der Waals surface area contributed by atoms with E-state index in [0.717, 1.165) is 0 Å². The Labute approximate surface area is 114 Å². The molecule has 1 aromatic carbocycles. The number of ether oxygens (including phenoxy) is 2. The van der Waals surface area contributed by atoms with Crippen molar-refractivity contribution in [2.75, 3.05) is 13.2 Å². The molecule has 0 aliphatic heterocycles. The molecule has 1 atom stereocenters. The van der Waals surface area contributed by atoms with E-state index in [1.807, 2.05) is 0 Å². The molecule has 0 saturated carbocycles. The van der Waals surface area contributed by atoms with Crippen LogP contribution in [0.4, 0.5) is 13.2 Å². The number of rotatable bonds is 5. The van der Waals surface area contributed by atoms with Gasteiger partial charge in [0.2, 0.25) is 0 Å². The van der Waals surface area contributed by atoms with Crippen LogP contribution in [0.3, 0.4) is 0 Å². The Kier molecular flexibility index (Phi) is 5.31. The van der Waals surface area contributed by atoms with Crippen molar-refractivity contribution in [3.63, 3.8) is 0 Å². The third-order valence-corrected chi connectivity index (χ3v) is 2.68. The molecule has 0 bridgehead atoms. The lowest BCUT2D eigenvalue weighted by Gasteiger charge is -2.19. The summed E-state index contributed by atoms with van der Waals surface area (Å²) in [7, 11) is 0. The summed E-state index contributed by atoms with van der Waals surface area (Å²) >= 11 is 5.82. The second kappa shape index (κ2) is 6.34. The maximum atomic E-state index is 12.6. The van der Waals surface area contributed by atoms with Gasteiger partial charge in [-0.15, -0.1) is 0 Å². The van der Waals surface area contributed by atoms with Gasteiger partial charge in [-0.1, -0.05) is 11.6 Å². The van der Waals surface area contributed by atoms with Gasteiger partial charge < -0.3 is 15.2 Å². The minimum absolute atomic E-state index is 0.100. The fourth-order valence-corrected chi connectivity index (χ4v) is 1.77. The summed E-state index contributed by atoms with van der Waals surface area (Å²) in [5, 5.41) is -0.100. The van der Waals surface area contributed by atoms with E-state index in [2.05, 4.69) is 0 Å². The maximum Gasteiger partial charge on any atom is 0.407 e. The molecular formula is C12H15ClF3NO2. The Morgan fingerprint density at radius 3 is 2.05 bits per heavy atom. The third-order valence-electron chi connectivity index (χ3n) is 2.35. The third kappa shape index (κ3) is 3.91. The number of hydrogen-bond donors (Lipinski definition) is 1. The zero-order valence-corrected chi connectivity index (χ0v) is 11.3. The first-order chi connectivity index (χ1) is 8.81. The Morgan fingerprint density at radius 1 is 1.16 bits per heavy atom. The molecule has 1 rings (SSSR count). The van der Waals surface area contributed by atoms with Gasteiger partial charge in [0, 0.05) is 16.7 Å². The first kappa shape index (κ1) is 15.9. The number of alkyl halides is 3. The Bertz CT molecular complexity index is 438. The van der Waals surface area contributed by atoms with Crippen LogP contribution >= 0.6 is 11.6 Å². The van der Waals surface area contributed by atoms with Crippen LogP contribution in [0, 0.1) is 0 Å². The van der Waals surface area contributed by atoms with E-state index in [1.165, 1.54) is 12.1 Å². The predicted octanol–water partition coefficient (Wildman–Crippen LogP) is 3.70. The van der Waals surface area contributed by atoms with Gasteiger partial charge in [-0.3, -0.25) is 0 Å². The van der Waals surface area contributed by atoms with Crippen molar-refractivity contribution in [3.8, 4) is 11.5 Å². The van der Waals surface area contributed by atoms with E-state index in [1.54, 1.807) is 13.8 Å². The van der Waals surface area contributed by atoms with E-state index < -0.39 is 12.2 Å². The van der Waals surface area contributed by atoms with Crippen LogP contribution < -0.4 is 15.2 Å². The average molecular weight is 298 g/mol. The average Bonchev–Trinajstić information content (AvgIpc) is 2.31. The first-order valence-corrected chi connectivity index (χ1v) is 6.10. The minimum atomic E-state index is -4.57. The molecule has 0 aliphatic carbocycles. The lowest BCUT2D eigenvalue weighted by molar-refractivity contribution is -0.149. The lowest BCUT2D eigenvalue weighted by atomic mass is 10.1. The van der Waals surface area contributed by atoms with Crippen molar-refractivity contribution in [1.29, 1.82) is 0 Å². The molecule has 1 aromatic rings. The van der Waals surface area contributed by atoms with Crippen LogP contribution in [0.2, 0.25) is 5.02 Å². The highest BCUT2D eigenvalue weighted by Gasteiger charge is 2.39. The summed E-state index contributed by atoms with van der Waals surface area (Å²) in [4.78, 5) is 0. The van der Waals surface area contributed by atoms with Gasteiger partial charge in [0.15, 0.2) is 11.5 Å². The topological polar surface area (TPSA) is 44.5 Å². The second-order valence-electron chi connectivity index (χ2n) is 3.71. The van der Waals surface area contributed by atoms with Gasteiger partial charge in [-0.05, 0) is 19.9 Å². The zero-order valence-electron chi connectivity index (χ0n) is 10.6. The Hall–Kier alpha value is -1.14. The number of benzene rings is 1. The highest BCUT2D eigenvalue weighted by atomic mass is 35.5. The van der Waals surface area contributed by atoms with Crippen LogP contribution in [0.1, 0.15) is 25.5 Å². The van der Waals surface area contributed by atoms with Crippen molar-refractivity contribution in [3.05, 3.63) is 22.7 Å².